The number of aliphatic hydroxyl groups excluding tert-OH is 1. The van der Waals surface area contributed by atoms with Crippen LogP contribution in [0.2, 0.25) is 0 Å². The lowest BCUT2D eigenvalue weighted by Gasteiger charge is -2.29. The van der Waals surface area contributed by atoms with E-state index in [-0.39, 0.29) is 37.5 Å². The third-order valence-corrected chi connectivity index (χ3v) is 10.1. The summed E-state index contributed by atoms with van der Waals surface area (Å²) in [6.07, 6.45) is -2.93. The van der Waals surface area contributed by atoms with Crippen molar-refractivity contribution >= 4 is 65.1 Å². The molecule has 24 heteroatoms. The van der Waals surface area contributed by atoms with E-state index >= 15 is 0 Å². The van der Waals surface area contributed by atoms with Gasteiger partial charge in [-0.1, -0.05) is 55.4 Å². The van der Waals surface area contributed by atoms with Crippen molar-refractivity contribution < 1.29 is 68.1 Å². The first-order valence-electron chi connectivity index (χ1n) is 22.0. The summed E-state index contributed by atoms with van der Waals surface area (Å²) in [5, 5.41) is 48.4. The Morgan fingerprint density at radius 1 is 0.439 bits per heavy atom. The molecule has 10 unspecified atom stereocenters. The number of nitrogens with two attached hydrogens (primary N) is 2. The molecule has 9 amide bonds. The van der Waals surface area contributed by atoms with E-state index in [1.807, 2.05) is 0 Å². The summed E-state index contributed by atoms with van der Waals surface area (Å²) in [6, 6.07) is -12.0. The normalized spacial score (nSPS) is 15.9. The minimum atomic E-state index is -1.56. The molecule has 0 aromatic rings. The van der Waals surface area contributed by atoms with Gasteiger partial charge in [0, 0.05) is 12.8 Å². The van der Waals surface area contributed by atoms with Crippen LogP contribution >= 0.6 is 0 Å². The highest BCUT2D eigenvalue weighted by Gasteiger charge is 2.36. The van der Waals surface area contributed by atoms with Crippen LogP contribution in [0.15, 0.2) is 0 Å². The summed E-state index contributed by atoms with van der Waals surface area (Å²) in [4.78, 5) is 141. The van der Waals surface area contributed by atoms with Gasteiger partial charge in [0.15, 0.2) is 0 Å². The highest BCUT2D eigenvalue weighted by atomic mass is 16.4. The Morgan fingerprint density at radius 3 is 1.18 bits per heavy atom. The Labute approximate surface area is 385 Å². The molecule has 0 aliphatic carbocycles. The fraction of sp³-hybridized carbons (Fsp3) is 0.738. The molecule has 0 bridgehead atoms. The van der Waals surface area contributed by atoms with Crippen LogP contribution in [0.4, 0.5) is 0 Å². The number of hydrogen-bond acceptors (Lipinski definition) is 13. The average molecular weight is 943 g/mol. The lowest BCUT2D eigenvalue weighted by molar-refractivity contribution is -0.142. The van der Waals surface area contributed by atoms with Crippen LogP contribution in [0.5, 0.6) is 0 Å². The molecule has 0 radical (unpaired) electrons. The van der Waals surface area contributed by atoms with Crippen molar-refractivity contribution in [2.75, 3.05) is 0 Å². The Bertz CT molecular complexity index is 1720. The molecule has 0 spiro atoms. The SMILES string of the molecule is CC(C)CC(NC(=O)C(C)NC(=O)C(NC(=O)C(NC(=O)C(C)NC(=O)C(N)C(C)O)C(C)C)C(C)C)C(=O)NC(CCC(=O)O)C(=O)NC(CC(C)C)C(=O)NC(CCC(N)=O)C(=O)O. The predicted octanol–water partition coefficient (Wildman–Crippen LogP) is -2.77. The van der Waals surface area contributed by atoms with Crippen molar-refractivity contribution in [3.8, 4) is 0 Å². The number of carbonyl (C=O) groups is 11. The lowest BCUT2D eigenvalue weighted by Crippen LogP contribution is -2.61. The standard InChI is InChI=1S/C42H74N10O14/c1-18(2)16-27(37(60)47-25(13-15-30(55)56)36(59)50-28(17-19(3)4)38(61)48-26(42(65)66)12-14-29(43)54)49-34(57)22(9)46-40(63)32(20(5)6)52-41(64)33(21(7)8)51-35(58)23(10)45-39(62)31(44)24(11)53/h18-28,31-33,53H,12-17,44H2,1-11H3,(H2,43,54)(H,45,62)(H,46,63)(H,47,60)(H,48,61)(H,49,57)(H,50,59)(H,51,58)(H,52,64)(H,55,56)(H,65,66). The maximum Gasteiger partial charge on any atom is 0.326 e. The van der Waals surface area contributed by atoms with Gasteiger partial charge < -0.3 is 69.3 Å². The molecule has 10 atom stereocenters. The topological polar surface area (TPSA) is 397 Å². The van der Waals surface area contributed by atoms with Gasteiger partial charge in [0.1, 0.15) is 54.4 Å². The second-order valence-corrected chi connectivity index (χ2v) is 18.0. The van der Waals surface area contributed by atoms with E-state index < -0.39 is 150 Å². The summed E-state index contributed by atoms with van der Waals surface area (Å²) in [5.74, 6) is -11.8. The first kappa shape index (κ1) is 60.1. The van der Waals surface area contributed by atoms with Crippen LogP contribution < -0.4 is 54.0 Å². The molecule has 0 aromatic carbocycles. The molecule has 376 valence electrons. The van der Waals surface area contributed by atoms with Crippen LogP contribution in [-0.4, -0.2) is 141 Å². The third kappa shape index (κ3) is 22.3. The molecule has 0 fully saturated rings. The molecule has 0 rings (SSSR count). The zero-order valence-corrected chi connectivity index (χ0v) is 39.8. The zero-order chi connectivity index (χ0) is 51.3. The van der Waals surface area contributed by atoms with Crippen molar-refractivity contribution in [1.29, 1.82) is 0 Å². The number of carboxylic acids is 2. The highest BCUT2D eigenvalue weighted by molar-refractivity contribution is 5.98. The molecular formula is C42H74N10O14. The van der Waals surface area contributed by atoms with E-state index in [1.54, 1.807) is 55.4 Å². The van der Waals surface area contributed by atoms with Crippen molar-refractivity contribution in [3.63, 3.8) is 0 Å². The van der Waals surface area contributed by atoms with Gasteiger partial charge in [-0.3, -0.25) is 47.9 Å². The number of amides is 9. The second-order valence-electron chi connectivity index (χ2n) is 18.0. The molecule has 0 aliphatic heterocycles. The average Bonchev–Trinajstić information content (AvgIpc) is 3.19. The van der Waals surface area contributed by atoms with E-state index in [4.69, 9.17) is 11.5 Å². The van der Waals surface area contributed by atoms with Crippen molar-refractivity contribution in [1.82, 2.24) is 42.5 Å². The van der Waals surface area contributed by atoms with Crippen molar-refractivity contribution in [3.05, 3.63) is 0 Å². The van der Waals surface area contributed by atoms with Gasteiger partial charge in [-0.15, -0.1) is 0 Å². The summed E-state index contributed by atoms with van der Waals surface area (Å²) >= 11 is 0. The van der Waals surface area contributed by atoms with E-state index in [1.165, 1.54) is 20.8 Å². The van der Waals surface area contributed by atoms with E-state index in [0.29, 0.717) is 0 Å². The number of primary amides is 1. The number of aliphatic hydroxyl groups is 1. The first-order valence-corrected chi connectivity index (χ1v) is 22.0. The molecule has 0 saturated carbocycles. The highest BCUT2D eigenvalue weighted by Crippen LogP contribution is 2.12. The Hall–Kier alpha value is -5.91. The van der Waals surface area contributed by atoms with Gasteiger partial charge in [0.05, 0.1) is 6.10 Å². The van der Waals surface area contributed by atoms with Crippen molar-refractivity contribution in [2.45, 2.75) is 175 Å². The van der Waals surface area contributed by atoms with E-state index in [2.05, 4.69) is 42.5 Å². The molecular weight excluding hydrogens is 869 g/mol. The Morgan fingerprint density at radius 2 is 0.788 bits per heavy atom. The number of hydrogen-bond donors (Lipinski definition) is 13. The Kier molecular flexibility index (Phi) is 26.3. The summed E-state index contributed by atoms with van der Waals surface area (Å²) < 4.78 is 0. The van der Waals surface area contributed by atoms with Crippen LogP contribution in [0.3, 0.4) is 0 Å². The summed E-state index contributed by atoms with van der Waals surface area (Å²) in [6.45, 7) is 17.4. The minimum absolute atomic E-state index is 0.00643. The fourth-order valence-electron chi connectivity index (χ4n) is 6.15. The second kappa shape index (κ2) is 28.9. The van der Waals surface area contributed by atoms with Gasteiger partial charge >= 0.3 is 11.9 Å². The van der Waals surface area contributed by atoms with Gasteiger partial charge in [-0.05, 0) is 70.1 Å². The van der Waals surface area contributed by atoms with Crippen LogP contribution in [0.1, 0.15) is 115 Å². The largest absolute Gasteiger partial charge is 0.481 e. The molecule has 0 saturated heterocycles. The fourth-order valence-corrected chi connectivity index (χ4v) is 6.15. The van der Waals surface area contributed by atoms with Crippen LogP contribution in [0, 0.1) is 23.7 Å². The molecule has 0 aliphatic rings. The van der Waals surface area contributed by atoms with Gasteiger partial charge in [0.2, 0.25) is 53.2 Å². The van der Waals surface area contributed by atoms with Gasteiger partial charge in [-0.25, -0.2) is 4.79 Å². The predicted molar refractivity (Wildman–Crippen MR) is 238 cm³/mol. The summed E-state index contributed by atoms with van der Waals surface area (Å²) in [7, 11) is 0. The third-order valence-electron chi connectivity index (χ3n) is 10.1. The number of aliphatic carboxylic acids is 2. The van der Waals surface area contributed by atoms with Gasteiger partial charge in [-0.2, -0.15) is 0 Å². The molecule has 66 heavy (non-hydrogen) atoms. The Balaban J connectivity index is 6.18. The lowest BCUT2D eigenvalue weighted by atomic mass is 9.99. The number of carbonyl (C=O) groups excluding carboxylic acids is 9. The van der Waals surface area contributed by atoms with Gasteiger partial charge in [0.25, 0.3) is 0 Å². The van der Waals surface area contributed by atoms with Crippen molar-refractivity contribution in [2.24, 2.45) is 35.1 Å². The molecule has 0 heterocycles. The minimum Gasteiger partial charge on any atom is -0.481 e. The van der Waals surface area contributed by atoms with Crippen LogP contribution in [0.25, 0.3) is 0 Å². The maximum absolute atomic E-state index is 13.8. The molecule has 15 N–H and O–H groups in total. The van der Waals surface area contributed by atoms with Crippen LogP contribution in [-0.2, 0) is 52.7 Å². The monoisotopic (exact) mass is 943 g/mol. The number of carboxylic acid groups (broad SMARTS) is 2. The molecule has 0 aromatic heterocycles. The quantitative estimate of drug-likeness (QED) is 0.0347. The number of nitrogens with one attached hydrogen (secondary N) is 8. The first-order chi connectivity index (χ1) is 30.4. The maximum atomic E-state index is 13.8. The zero-order valence-electron chi connectivity index (χ0n) is 39.8. The summed E-state index contributed by atoms with van der Waals surface area (Å²) in [5.41, 5.74) is 10.8. The number of rotatable bonds is 30. The van der Waals surface area contributed by atoms with E-state index in [9.17, 15) is 68.1 Å². The van der Waals surface area contributed by atoms with E-state index in [0.717, 1.165) is 0 Å². The molecule has 24 nitrogen and oxygen atoms in total. The smallest absolute Gasteiger partial charge is 0.326 e.